The maximum Gasteiger partial charge on any atom is 0.343 e. The molecule has 8 heteroatoms. The van der Waals surface area contributed by atoms with E-state index in [9.17, 15) is 9.59 Å². The van der Waals surface area contributed by atoms with Gasteiger partial charge in [-0.05, 0) is 72.5 Å². The minimum Gasteiger partial charge on any atom is -0.483 e. The molecule has 0 unspecified atom stereocenters. The van der Waals surface area contributed by atoms with Crippen molar-refractivity contribution in [3.8, 4) is 11.5 Å². The number of halogens is 2. The Morgan fingerprint density at radius 3 is 2.50 bits per heavy atom. The largest absolute Gasteiger partial charge is 0.483 e. The molecule has 3 rings (SSSR count). The van der Waals surface area contributed by atoms with Gasteiger partial charge >= 0.3 is 5.97 Å². The lowest BCUT2D eigenvalue weighted by atomic mass is 10.0. The van der Waals surface area contributed by atoms with Crippen molar-refractivity contribution in [2.45, 2.75) is 26.7 Å². The van der Waals surface area contributed by atoms with E-state index in [-0.39, 0.29) is 12.5 Å². The zero-order valence-corrected chi connectivity index (χ0v) is 21.3. The fourth-order valence-corrected chi connectivity index (χ4v) is 3.56. The van der Waals surface area contributed by atoms with Gasteiger partial charge in [-0.2, -0.15) is 5.10 Å². The van der Waals surface area contributed by atoms with E-state index in [0.717, 1.165) is 15.6 Å². The lowest BCUT2D eigenvalue weighted by molar-refractivity contribution is -0.123. The van der Waals surface area contributed by atoms with Crippen LogP contribution in [0.1, 0.15) is 46.8 Å². The number of rotatable bonds is 8. The summed E-state index contributed by atoms with van der Waals surface area (Å²) in [6.07, 6.45) is 1.40. The van der Waals surface area contributed by atoms with Gasteiger partial charge in [0.25, 0.3) is 5.91 Å². The van der Waals surface area contributed by atoms with Crippen LogP contribution in [0.3, 0.4) is 0 Å². The summed E-state index contributed by atoms with van der Waals surface area (Å²) in [6.45, 7) is 5.92. The second-order valence-corrected chi connectivity index (χ2v) is 9.21. The van der Waals surface area contributed by atoms with Gasteiger partial charge in [0.15, 0.2) is 6.61 Å². The number of benzene rings is 3. The lowest BCUT2D eigenvalue weighted by Gasteiger charge is -2.14. The van der Waals surface area contributed by atoms with E-state index < -0.39 is 11.9 Å². The fourth-order valence-electron chi connectivity index (χ4n) is 3.05. The molecule has 0 aliphatic carbocycles. The van der Waals surface area contributed by atoms with Crippen molar-refractivity contribution in [1.29, 1.82) is 0 Å². The number of ether oxygens (including phenoxy) is 2. The molecule has 34 heavy (non-hydrogen) atoms. The molecule has 0 fully saturated rings. The molecule has 0 saturated heterocycles. The van der Waals surface area contributed by atoms with Gasteiger partial charge < -0.3 is 9.47 Å². The molecule has 0 radical (unpaired) electrons. The summed E-state index contributed by atoms with van der Waals surface area (Å²) in [4.78, 5) is 24.7. The Morgan fingerprint density at radius 2 is 1.79 bits per heavy atom. The van der Waals surface area contributed by atoms with E-state index in [2.05, 4.69) is 40.3 Å². The molecule has 0 heterocycles. The van der Waals surface area contributed by atoms with Crippen LogP contribution in [0.5, 0.6) is 11.5 Å². The zero-order valence-electron chi connectivity index (χ0n) is 19.0. The van der Waals surface area contributed by atoms with Crippen molar-refractivity contribution in [3.05, 3.63) is 92.4 Å². The van der Waals surface area contributed by atoms with Crippen LogP contribution in [0.4, 0.5) is 0 Å². The average Bonchev–Trinajstić information content (AvgIpc) is 2.79. The molecule has 1 N–H and O–H groups in total. The predicted octanol–water partition coefficient (Wildman–Crippen LogP) is 6.28. The third-order valence-corrected chi connectivity index (χ3v) is 5.54. The van der Waals surface area contributed by atoms with Gasteiger partial charge in [-0.1, -0.05) is 53.5 Å². The number of hydrogen-bond donors (Lipinski definition) is 1. The minimum atomic E-state index is -0.537. The van der Waals surface area contributed by atoms with Crippen molar-refractivity contribution in [3.63, 3.8) is 0 Å². The number of esters is 1. The van der Waals surface area contributed by atoms with E-state index in [1.807, 2.05) is 25.1 Å². The van der Waals surface area contributed by atoms with Crippen molar-refractivity contribution in [1.82, 2.24) is 5.43 Å². The highest BCUT2D eigenvalue weighted by atomic mass is 79.9. The predicted molar refractivity (Wildman–Crippen MR) is 137 cm³/mol. The number of hydrazone groups is 1. The summed E-state index contributed by atoms with van der Waals surface area (Å²) in [5.74, 6) is 0.283. The lowest BCUT2D eigenvalue weighted by Crippen LogP contribution is -2.25. The molecular formula is C26H24BrClN2O4. The molecule has 3 aromatic carbocycles. The first kappa shape index (κ1) is 25.5. The van der Waals surface area contributed by atoms with Crippen molar-refractivity contribution in [2.24, 2.45) is 5.10 Å². The van der Waals surface area contributed by atoms with Crippen LogP contribution in [0, 0.1) is 6.92 Å². The molecule has 0 aromatic heterocycles. The molecule has 3 aromatic rings. The highest BCUT2D eigenvalue weighted by Crippen LogP contribution is 2.27. The molecule has 0 aliphatic heterocycles. The van der Waals surface area contributed by atoms with Crippen LogP contribution >= 0.6 is 27.5 Å². The van der Waals surface area contributed by atoms with Gasteiger partial charge in [-0.25, -0.2) is 10.2 Å². The maximum atomic E-state index is 12.5. The van der Waals surface area contributed by atoms with Crippen LogP contribution < -0.4 is 14.9 Å². The molecule has 0 bridgehead atoms. The smallest absolute Gasteiger partial charge is 0.343 e. The summed E-state index contributed by atoms with van der Waals surface area (Å²) in [5.41, 5.74) is 5.38. The summed E-state index contributed by atoms with van der Waals surface area (Å²) < 4.78 is 12.0. The Kier molecular flexibility index (Phi) is 8.85. The first-order valence-corrected chi connectivity index (χ1v) is 11.7. The molecule has 0 atom stereocenters. The first-order chi connectivity index (χ1) is 16.2. The number of nitrogens with one attached hydrogen (secondary N) is 1. The number of nitrogens with zero attached hydrogens (tertiary/aromatic N) is 1. The maximum absolute atomic E-state index is 12.5. The van der Waals surface area contributed by atoms with Gasteiger partial charge in [-0.15, -0.1) is 0 Å². The van der Waals surface area contributed by atoms with Crippen LogP contribution in [0.15, 0.2) is 70.2 Å². The van der Waals surface area contributed by atoms with Crippen LogP contribution in [-0.2, 0) is 4.79 Å². The standard InChI is InChI=1S/C26H24BrClN2O4/c1-16(2)22-10-4-17(3)12-24(22)33-15-25(31)30-29-14-19-13-20(27)7-11-23(19)34-26(32)18-5-8-21(28)9-6-18/h4-14,16H,15H2,1-3H3,(H,30,31). The van der Waals surface area contributed by atoms with Crippen molar-refractivity contribution in [2.75, 3.05) is 6.61 Å². The second kappa shape index (κ2) is 11.8. The summed E-state index contributed by atoms with van der Waals surface area (Å²) >= 11 is 9.26. The van der Waals surface area contributed by atoms with E-state index in [4.69, 9.17) is 21.1 Å². The molecule has 6 nitrogen and oxygen atoms in total. The Hall–Kier alpha value is -3.16. The topological polar surface area (TPSA) is 77.0 Å². The van der Waals surface area contributed by atoms with E-state index in [0.29, 0.717) is 27.6 Å². The third kappa shape index (κ3) is 7.17. The van der Waals surface area contributed by atoms with Gasteiger partial charge in [-0.3, -0.25) is 4.79 Å². The summed E-state index contributed by atoms with van der Waals surface area (Å²) in [5, 5.41) is 4.51. The first-order valence-electron chi connectivity index (χ1n) is 10.6. The molecule has 1 amide bonds. The molecule has 176 valence electrons. The van der Waals surface area contributed by atoms with Crippen LogP contribution in [-0.4, -0.2) is 24.7 Å². The van der Waals surface area contributed by atoms with Gasteiger partial charge in [0, 0.05) is 15.1 Å². The number of hydrogen-bond acceptors (Lipinski definition) is 5. The highest BCUT2D eigenvalue weighted by Gasteiger charge is 2.13. The van der Waals surface area contributed by atoms with Gasteiger partial charge in [0.1, 0.15) is 11.5 Å². The Bertz CT molecular complexity index is 1210. The van der Waals surface area contributed by atoms with Crippen molar-refractivity contribution < 1.29 is 19.1 Å². The van der Waals surface area contributed by atoms with Gasteiger partial charge in [0.2, 0.25) is 0 Å². The van der Waals surface area contributed by atoms with E-state index >= 15 is 0 Å². The Morgan fingerprint density at radius 1 is 1.06 bits per heavy atom. The minimum absolute atomic E-state index is 0.183. The quantitative estimate of drug-likeness (QED) is 0.157. The summed E-state index contributed by atoms with van der Waals surface area (Å²) in [6, 6.07) is 17.4. The summed E-state index contributed by atoms with van der Waals surface area (Å²) in [7, 11) is 0. The number of carbonyl (C=O) groups excluding carboxylic acids is 2. The SMILES string of the molecule is Cc1ccc(C(C)C)c(OCC(=O)NN=Cc2cc(Br)ccc2OC(=O)c2ccc(Cl)cc2)c1. The number of aryl methyl sites for hydroxylation is 1. The van der Waals surface area contributed by atoms with Crippen LogP contribution in [0.2, 0.25) is 5.02 Å². The third-order valence-electron chi connectivity index (χ3n) is 4.80. The number of amides is 1. The Labute approximate surface area is 212 Å². The van der Waals surface area contributed by atoms with Crippen LogP contribution in [0.25, 0.3) is 0 Å². The van der Waals surface area contributed by atoms with E-state index in [1.165, 1.54) is 6.21 Å². The molecule has 0 saturated carbocycles. The zero-order chi connectivity index (χ0) is 24.7. The fraction of sp³-hybridized carbons (Fsp3) is 0.192. The average molecular weight is 544 g/mol. The van der Waals surface area contributed by atoms with Gasteiger partial charge in [0.05, 0.1) is 11.8 Å². The van der Waals surface area contributed by atoms with Crippen molar-refractivity contribution >= 4 is 45.6 Å². The molecule has 0 spiro atoms. The second-order valence-electron chi connectivity index (χ2n) is 7.86. The normalized spacial score (nSPS) is 11.0. The monoisotopic (exact) mass is 542 g/mol. The molecule has 0 aliphatic rings. The Balaban J connectivity index is 1.64. The highest BCUT2D eigenvalue weighted by molar-refractivity contribution is 9.10. The number of carbonyl (C=O) groups is 2. The molecular weight excluding hydrogens is 520 g/mol. The van der Waals surface area contributed by atoms with E-state index in [1.54, 1.807) is 42.5 Å².